The van der Waals surface area contributed by atoms with Gasteiger partial charge in [-0.3, -0.25) is 4.79 Å². The van der Waals surface area contributed by atoms with Crippen molar-refractivity contribution in [1.29, 1.82) is 0 Å². The summed E-state index contributed by atoms with van der Waals surface area (Å²) in [5.41, 5.74) is 0.469. The fraction of sp³-hybridized carbons (Fsp3) is 0.600. The third kappa shape index (κ3) is 2.05. The zero-order valence-corrected chi connectivity index (χ0v) is 10.1. The van der Waals surface area contributed by atoms with Crippen LogP contribution in [0.5, 0.6) is 0 Å². The van der Waals surface area contributed by atoms with E-state index in [4.69, 9.17) is 16.3 Å². The van der Waals surface area contributed by atoms with Gasteiger partial charge in [-0.05, 0) is 6.92 Å². The van der Waals surface area contributed by atoms with E-state index in [0.717, 1.165) is 0 Å². The van der Waals surface area contributed by atoms with Crippen LogP contribution in [0.15, 0.2) is 10.9 Å². The summed E-state index contributed by atoms with van der Waals surface area (Å²) in [5, 5.41) is 4.19. The van der Waals surface area contributed by atoms with Crippen LogP contribution in [0.2, 0.25) is 5.15 Å². The first-order valence-corrected chi connectivity index (χ1v) is 5.55. The van der Waals surface area contributed by atoms with E-state index in [9.17, 15) is 4.79 Å². The van der Waals surface area contributed by atoms with Crippen molar-refractivity contribution in [1.82, 2.24) is 9.78 Å². The molecule has 1 aliphatic heterocycles. The molecule has 1 aromatic rings. The lowest BCUT2D eigenvalue weighted by atomic mass is 10.2. The maximum absolute atomic E-state index is 11.9. The van der Waals surface area contributed by atoms with E-state index < -0.39 is 0 Å². The molecule has 2 rings (SSSR count). The first-order valence-electron chi connectivity index (χ1n) is 5.18. The molecule has 88 valence electrons. The van der Waals surface area contributed by atoms with Crippen molar-refractivity contribution in [3.63, 3.8) is 0 Å². The van der Waals surface area contributed by atoms with Gasteiger partial charge < -0.3 is 9.64 Å². The molecule has 0 amide bonds. The predicted octanol–water partition coefficient (Wildman–Crippen LogP) is 0.659. The molecule has 0 bridgehead atoms. The van der Waals surface area contributed by atoms with Gasteiger partial charge in [-0.1, -0.05) is 11.6 Å². The van der Waals surface area contributed by atoms with Crippen LogP contribution in [-0.2, 0) is 11.8 Å². The summed E-state index contributed by atoms with van der Waals surface area (Å²) < 4.78 is 6.60. The molecule has 1 aliphatic rings. The van der Waals surface area contributed by atoms with Crippen LogP contribution in [0.25, 0.3) is 0 Å². The molecule has 1 saturated heterocycles. The van der Waals surface area contributed by atoms with Gasteiger partial charge in [0.25, 0.3) is 5.56 Å². The van der Waals surface area contributed by atoms with E-state index in [1.54, 1.807) is 13.1 Å². The minimum atomic E-state index is -0.127. The zero-order valence-electron chi connectivity index (χ0n) is 9.31. The van der Waals surface area contributed by atoms with Gasteiger partial charge in [0.15, 0.2) is 5.15 Å². The van der Waals surface area contributed by atoms with Gasteiger partial charge in [-0.2, -0.15) is 5.10 Å². The largest absolute Gasteiger partial charge is 0.377 e. The van der Waals surface area contributed by atoms with Gasteiger partial charge in [-0.25, -0.2) is 4.68 Å². The minimum Gasteiger partial charge on any atom is -0.377 e. The molecule has 6 heteroatoms. The molecule has 0 unspecified atom stereocenters. The van der Waals surface area contributed by atoms with Crippen molar-refractivity contribution in [2.24, 2.45) is 7.05 Å². The Bertz CT molecular complexity index is 446. The molecule has 0 aromatic carbocycles. The molecule has 1 aromatic heterocycles. The number of anilines is 1. The molecular formula is C10H14ClN3O2. The molecule has 0 aliphatic carbocycles. The number of halogens is 1. The lowest BCUT2D eigenvalue weighted by Crippen LogP contribution is -2.46. The number of hydrogen-bond acceptors (Lipinski definition) is 4. The summed E-state index contributed by atoms with van der Waals surface area (Å²) in [6.07, 6.45) is 0. The minimum absolute atomic E-state index is 0.127. The topological polar surface area (TPSA) is 47.4 Å². The van der Waals surface area contributed by atoms with Gasteiger partial charge >= 0.3 is 0 Å². The van der Waals surface area contributed by atoms with Gasteiger partial charge in [0.1, 0.15) is 5.69 Å². The Balaban J connectivity index is 2.42. The Labute approximate surface area is 98.6 Å². The summed E-state index contributed by atoms with van der Waals surface area (Å²) in [6, 6.07) is 1.80. The number of aryl methyl sites for hydroxylation is 1. The Hall–Kier alpha value is -1.07. The third-order valence-electron chi connectivity index (χ3n) is 2.69. The fourth-order valence-electron chi connectivity index (χ4n) is 1.85. The zero-order chi connectivity index (χ0) is 11.7. The Morgan fingerprint density at radius 3 is 3.06 bits per heavy atom. The van der Waals surface area contributed by atoms with E-state index >= 15 is 0 Å². The highest BCUT2D eigenvalue weighted by atomic mass is 35.5. The highest BCUT2D eigenvalue weighted by molar-refractivity contribution is 6.29. The average Bonchev–Trinajstić information content (AvgIpc) is 2.24. The van der Waals surface area contributed by atoms with E-state index in [-0.39, 0.29) is 11.6 Å². The quantitative estimate of drug-likeness (QED) is 0.727. The molecule has 1 atom stereocenters. The molecule has 0 N–H and O–H groups in total. The van der Waals surface area contributed by atoms with Crippen LogP contribution in [0.3, 0.4) is 0 Å². The number of rotatable bonds is 1. The first-order chi connectivity index (χ1) is 7.59. The summed E-state index contributed by atoms with van der Waals surface area (Å²) in [6.45, 7) is 3.99. The number of aromatic nitrogens is 2. The van der Waals surface area contributed by atoms with E-state index in [2.05, 4.69) is 5.10 Å². The molecule has 0 spiro atoms. The molecule has 1 fully saturated rings. The molecule has 16 heavy (non-hydrogen) atoms. The number of morpholine rings is 1. The second-order valence-corrected chi connectivity index (χ2v) is 4.29. The second-order valence-electron chi connectivity index (χ2n) is 3.90. The monoisotopic (exact) mass is 243 g/mol. The summed E-state index contributed by atoms with van der Waals surface area (Å²) in [5.74, 6) is 0. The maximum atomic E-state index is 11.9. The highest BCUT2D eigenvalue weighted by Gasteiger charge is 2.22. The number of hydrogen-bond donors (Lipinski definition) is 0. The molecular weight excluding hydrogens is 230 g/mol. The van der Waals surface area contributed by atoms with Crippen LogP contribution in [0.4, 0.5) is 5.69 Å². The Morgan fingerprint density at radius 2 is 2.38 bits per heavy atom. The maximum Gasteiger partial charge on any atom is 0.290 e. The van der Waals surface area contributed by atoms with Crippen LogP contribution < -0.4 is 10.5 Å². The third-order valence-corrected chi connectivity index (χ3v) is 2.88. The fourth-order valence-corrected chi connectivity index (χ4v) is 2.07. The second kappa shape index (κ2) is 4.43. The van der Waals surface area contributed by atoms with Crippen molar-refractivity contribution in [2.45, 2.75) is 13.0 Å². The van der Waals surface area contributed by atoms with Crippen molar-refractivity contribution in [3.05, 3.63) is 21.6 Å². The SMILES string of the molecule is C[C@@H]1COCCN1c1cc(Cl)nn(C)c1=O. The van der Waals surface area contributed by atoms with Crippen molar-refractivity contribution in [3.8, 4) is 0 Å². The van der Waals surface area contributed by atoms with E-state index in [1.165, 1.54) is 4.68 Å². The highest BCUT2D eigenvalue weighted by Crippen LogP contribution is 2.17. The predicted molar refractivity (Wildman–Crippen MR) is 62.1 cm³/mol. The summed E-state index contributed by atoms with van der Waals surface area (Å²) in [7, 11) is 1.60. The normalized spacial score (nSPS) is 21.2. The van der Waals surface area contributed by atoms with Gasteiger partial charge in [0.2, 0.25) is 0 Å². The number of ether oxygens (including phenoxy) is 1. The summed E-state index contributed by atoms with van der Waals surface area (Å²) in [4.78, 5) is 13.9. The van der Waals surface area contributed by atoms with Crippen molar-refractivity contribution in [2.75, 3.05) is 24.7 Å². The number of nitrogens with zero attached hydrogens (tertiary/aromatic N) is 3. The van der Waals surface area contributed by atoms with Crippen LogP contribution in [-0.4, -0.2) is 35.6 Å². The van der Waals surface area contributed by atoms with Gasteiger partial charge in [0.05, 0.1) is 13.2 Å². The van der Waals surface area contributed by atoms with E-state index in [0.29, 0.717) is 30.6 Å². The van der Waals surface area contributed by atoms with Crippen molar-refractivity contribution >= 4 is 17.3 Å². The van der Waals surface area contributed by atoms with Crippen LogP contribution in [0.1, 0.15) is 6.92 Å². The molecule has 5 nitrogen and oxygen atoms in total. The molecule has 0 saturated carbocycles. The van der Waals surface area contributed by atoms with Gasteiger partial charge in [0, 0.05) is 25.7 Å². The van der Waals surface area contributed by atoms with E-state index in [1.807, 2.05) is 11.8 Å². The smallest absolute Gasteiger partial charge is 0.290 e. The molecule has 2 heterocycles. The lowest BCUT2D eigenvalue weighted by molar-refractivity contribution is 0.0987. The Morgan fingerprint density at radius 1 is 1.62 bits per heavy atom. The standard InChI is InChI=1S/C10H14ClN3O2/c1-7-6-16-4-3-14(7)8-5-9(11)12-13(2)10(8)15/h5,7H,3-4,6H2,1-2H3/t7-/m1/s1. The van der Waals surface area contributed by atoms with Crippen LogP contribution in [0, 0.1) is 0 Å². The lowest BCUT2D eigenvalue weighted by Gasteiger charge is -2.34. The molecule has 0 radical (unpaired) electrons. The van der Waals surface area contributed by atoms with Crippen LogP contribution >= 0.6 is 11.6 Å². The van der Waals surface area contributed by atoms with Gasteiger partial charge in [-0.15, -0.1) is 0 Å². The first kappa shape index (κ1) is 11.4. The Kier molecular flexibility index (Phi) is 3.16. The summed E-state index contributed by atoms with van der Waals surface area (Å²) >= 11 is 5.86. The van der Waals surface area contributed by atoms with Crippen molar-refractivity contribution < 1.29 is 4.74 Å². The average molecular weight is 244 g/mol.